The highest BCUT2D eigenvalue weighted by Gasteiger charge is 2.22. The molecule has 0 atom stereocenters. The number of amides is 1. The van der Waals surface area contributed by atoms with E-state index in [4.69, 9.17) is 0 Å². The molecule has 2 rings (SSSR count). The summed E-state index contributed by atoms with van der Waals surface area (Å²) in [6.45, 7) is 7.73. The first kappa shape index (κ1) is 19.2. The number of aromatic hydroxyl groups is 1. The normalized spacial score (nSPS) is 15.6. The van der Waals surface area contributed by atoms with Crippen molar-refractivity contribution in [1.82, 2.24) is 10.2 Å². The van der Waals surface area contributed by atoms with Crippen LogP contribution in [0.25, 0.3) is 5.57 Å². The molecule has 0 unspecified atom stereocenters. The molecule has 0 saturated carbocycles. The lowest BCUT2D eigenvalue weighted by Gasteiger charge is -2.28. The van der Waals surface area contributed by atoms with Gasteiger partial charge in [0.15, 0.2) is 0 Å². The van der Waals surface area contributed by atoms with Crippen LogP contribution >= 0.6 is 0 Å². The Kier molecular flexibility index (Phi) is 6.37. The van der Waals surface area contributed by atoms with E-state index >= 15 is 0 Å². The number of nitrogens with one attached hydrogen (secondary N) is 1. The van der Waals surface area contributed by atoms with E-state index in [1.54, 1.807) is 19.1 Å². The minimum atomic E-state index is -0.489. The summed E-state index contributed by atoms with van der Waals surface area (Å²) in [4.78, 5) is 25.6. The molecule has 0 radical (unpaired) electrons. The predicted octanol–water partition coefficient (Wildman–Crippen LogP) is 2.75. The van der Waals surface area contributed by atoms with Crippen molar-refractivity contribution < 1.29 is 14.7 Å². The first-order chi connectivity index (χ1) is 11.7. The maximum Gasteiger partial charge on any atom is 0.221 e. The van der Waals surface area contributed by atoms with Crippen LogP contribution in [0, 0.1) is 0 Å². The van der Waals surface area contributed by atoms with E-state index in [1.165, 1.54) is 5.57 Å². The SMILES string of the molecule is CC(=O)CC(C)(C)NC(=O)CCN1CC=C(c2ccc(O)cc2)CC1. The number of ketones is 1. The first-order valence-electron chi connectivity index (χ1n) is 8.76. The van der Waals surface area contributed by atoms with Gasteiger partial charge in [-0.3, -0.25) is 14.5 Å². The monoisotopic (exact) mass is 344 g/mol. The van der Waals surface area contributed by atoms with Gasteiger partial charge in [-0.2, -0.15) is 0 Å². The Labute approximate surface area is 149 Å². The number of carbonyl (C=O) groups is 2. The summed E-state index contributed by atoms with van der Waals surface area (Å²) in [7, 11) is 0. The van der Waals surface area contributed by atoms with Gasteiger partial charge in [0.05, 0.1) is 0 Å². The fourth-order valence-electron chi connectivity index (χ4n) is 3.22. The van der Waals surface area contributed by atoms with Crippen LogP contribution in [0.5, 0.6) is 5.75 Å². The van der Waals surface area contributed by atoms with E-state index in [0.717, 1.165) is 25.1 Å². The van der Waals surface area contributed by atoms with Crippen molar-refractivity contribution in [3.8, 4) is 5.75 Å². The van der Waals surface area contributed by atoms with Gasteiger partial charge in [-0.1, -0.05) is 18.2 Å². The zero-order valence-electron chi connectivity index (χ0n) is 15.3. The summed E-state index contributed by atoms with van der Waals surface area (Å²) < 4.78 is 0. The van der Waals surface area contributed by atoms with Gasteiger partial charge in [-0.25, -0.2) is 0 Å². The molecule has 0 fully saturated rings. The smallest absolute Gasteiger partial charge is 0.221 e. The Morgan fingerprint density at radius 1 is 1.24 bits per heavy atom. The van der Waals surface area contributed by atoms with E-state index in [-0.39, 0.29) is 17.4 Å². The summed E-state index contributed by atoms with van der Waals surface area (Å²) in [5, 5.41) is 12.3. The Balaban J connectivity index is 1.79. The Morgan fingerprint density at radius 3 is 2.48 bits per heavy atom. The molecule has 0 spiro atoms. The molecule has 0 bridgehead atoms. The van der Waals surface area contributed by atoms with Crippen LogP contribution in [0.3, 0.4) is 0 Å². The molecular weight excluding hydrogens is 316 g/mol. The van der Waals surface area contributed by atoms with Crippen molar-refractivity contribution >= 4 is 17.3 Å². The van der Waals surface area contributed by atoms with Gasteiger partial charge in [0.25, 0.3) is 0 Å². The van der Waals surface area contributed by atoms with Crippen LogP contribution in [0.2, 0.25) is 0 Å². The van der Waals surface area contributed by atoms with E-state index in [1.807, 2.05) is 26.0 Å². The van der Waals surface area contributed by atoms with Crippen LogP contribution in [-0.4, -0.2) is 46.9 Å². The Bertz CT molecular complexity index is 647. The minimum Gasteiger partial charge on any atom is -0.508 e. The lowest BCUT2D eigenvalue weighted by Crippen LogP contribution is -2.45. The van der Waals surface area contributed by atoms with Gasteiger partial charge in [-0.15, -0.1) is 0 Å². The summed E-state index contributed by atoms with van der Waals surface area (Å²) in [6, 6.07) is 7.27. The summed E-state index contributed by atoms with van der Waals surface area (Å²) in [5.41, 5.74) is 1.93. The zero-order valence-corrected chi connectivity index (χ0v) is 15.3. The zero-order chi connectivity index (χ0) is 18.4. The number of phenolic OH excluding ortho intramolecular Hbond substituents is 1. The highest BCUT2D eigenvalue weighted by molar-refractivity contribution is 5.80. The van der Waals surface area contributed by atoms with E-state index in [2.05, 4.69) is 16.3 Å². The summed E-state index contributed by atoms with van der Waals surface area (Å²) in [6.07, 6.45) is 3.90. The number of benzene rings is 1. The molecule has 5 heteroatoms. The molecule has 0 aliphatic carbocycles. The number of rotatable bonds is 7. The average molecular weight is 344 g/mol. The van der Waals surface area contributed by atoms with Gasteiger partial charge < -0.3 is 10.4 Å². The molecule has 1 amide bonds. The van der Waals surface area contributed by atoms with E-state index in [0.29, 0.717) is 19.4 Å². The van der Waals surface area contributed by atoms with Gasteiger partial charge in [-0.05, 0) is 50.5 Å². The third-order valence-corrected chi connectivity index (χ3v) is 4.36. The molecule has 0 saturated heterocycles. The van der Waals surface area contributed by atoms with Crippen molar-refractivity contribution in [1.29, 1.82) is 0 Å². The molecule has 0 aromatic heterocycles. The molecule has 1 aromatic carbocycles. The van der Waals surface area contributed by atoms with Gasteiger partial charge >= 0.3 is 0 Å². The number of phenols is 1. The molecule has 1 aliphatic rings. The molecule has 136 valence electrons. The largest absolute Gasteiger partial charge is 0.508 e. The van der Waals surface area contributed by atoms with Gasteiger partial charge in [0.2, 0.25) is 5.91 Å². The van der Waals surface area contributed by atoms with Crippen LogP contribution in [0.15, 0.2) is 30.3 Å². The van der Waals surface area contributed by atoms with E-state index in [9.17, 15) is 14.7 Å². The third-order valence-electron chi connectivity index (χ3n) is 4.36. The maximum absolute atomic E-state index is 12.1. The average Bonchev–Trinajstić information content (AvgIpc) is 2.52. The van der Waals surface area contributed by atoms with Crippen LogP contribution in [0.4, 0.5) is 0 Å². The van der Waals surface area contributed by atoms with E-state index < -0.39 is 5.54 Å². The Morgan fingerprint density at radius 2 is 1.92 bits per heavy atom. The topological polar surface area (TPSA) is 69.6 Å². The number of nitrogens with zero attached hydrogens (tertiary/aromatic N) is 1. The molecule has 1 aliphatic heterocycles. The van der Waals surface area contributed by atoms with Crippen LogP contribution < -0.4 is 5.32 Å². The number of hydrogen-bond acceptors (Lipinski definition) is 4. The quantitative estimate of drug-likeness (QED) is 0.798. The van der Waals surface area contributed by atoms with Crippen molar-refractivity contribution in [2.45, 2.75) is 45.6 Å². The fourth-order valence-corrected chi connectivity index (χ4v) is 3.22. The molecule has 1 heterocycles. The predicted molar refractivity (Wildman–Crippen MR) is 99.3 cm³/mol. The second kappa shape index (κ2) is 8.30. The minimum absolute atomic E-state index is 0.0143. The number of carbonyl (C=O) groups excluding carboxylic acids is 2. The van der Waals surface area contributed by atoms with Crippen LogP contribution in [0.1, 0.15) is 45.6 Å². The van der Waals surface area contributed by atoms with Crippen molar-refractivity contribution in [3.05, 3.63) is 35.9 Å². The second-order valence-corrected chi connectivity index (χ2v) is 7.39. The standard InChI is InChI=1S/C20H28N2O3/c1-15(23)14-20(2,3)21-19(25)10-13-22-11-8-17(9-12-22)16-4-6-18(24)7-5-16/h4-8,24H,9-14H2,1-3H3,(H,21,25). The highest BCUT2D eigenvalue weighted by atomic mass is 16.3. The number of Topliss-reactive ketones (excluding diaryl/α,β-unsaturated/α-hetero) is 1. The molecule has 25 heavy (non-hydrogen) atoms. The molecule has 1 aromatic rings. The molecule has 2 N–H and O–H groups in total. The summed E-state index contributed by atoms with van der Waals surface area (Å²) >= 11 is 0. The van der Waals surface area contributed by atoms with Crippen LogP contribution in [-0.2, 0) is 9.59 Å². The summed E-state index contributed by atoms with van der Waals surface area (Å²) in [5.74, 6) is 0.341. The first-order valence-corrected chi connectivity index (χ1v) is 8.76. The van der Waals surface area contributed by atoms with Gasteiger partial charge in [0.1, 0.15) is 11.5 Å². The Hall–Kier alpha value is -2.14. The van der Waals surface area contributed by atoms with Crippen molar-refractivity contribution in [3.63, 3.8) is 0 Å². The fraction of sp³-hybridized carbons (Fsp3) is 0.500. The van der Waals surface area contributed by atoms with Crippen molar-refractivity contribution in [2.75, 3.05) is 19.6 Å². The molecule has 5 nitrogen and oxygen atoms in total. The number of hydrogen-bond donors (Lipinski definition) is 2. The highest BCUT2D eigenvalue weighted by Crippen LogP contribution is 2.24. The lowest BCUT2D eigenvalue weighted by molar-refractivity contribution is -0.124. The molecular formula is C20H28N2O3. The van der Waals surface area contributed by atoms with Gasteiger partial charge in [0, 0.05) is 38.0 Å². The van der Waals surface area contributed by atoms with Crippen molar-refractivity contribution in [2.24, 2.45) is 0 Å². The third kappa shape index (κ3) is 6.35. The second-order valence-electron chi connectivity index (χ2n) is 7.39. The lowest BCUT2D eigenvalue weighted by atomic mass is 9.98. The maximum atomic E-state index is 12.1.